The fourth-order valence-corrected chi connectivity index (χ4v) is 6.73. The Morgan fingerprint density at radius 3 is 1.43 bits per heavy atom. The molecule has 0 aromatic heterocycles. The van der Waals surface area contributed by atoms with Gasteiger partial charge in [0.15, 0.2) is 0 Å². The van der Waals surface area contributed by atoms with Gasteiger partial charge >= 0.3 is 0 Å². The van der Waals surface area contributed by atoms with E-state index in [4.69, 9.17) is 0 Å². The molecule has 30 heavy (non-hydrogen) atoms. The molecule has 8 unspecified atom stereocenters. The van der Waals surface area contributed by atoms with Crippen LogP contribution in [0.4, 0.5) is 0 Å². The van der Waals surface area contributed by atoms with Gasteiger partial charge in [-0.1, -0.05) is 31.4 Å². The first-order chi connectivity index (χ1) is 14.9. The SMILES string of the molecule is C1=CC(C2NC(C3CCCCN3)C(C3CCCCN3)NC2C2CCCCN2)NCC1. The highest BCUT2D eigenvalue weighted by atomic mass is 15.2. The molecule has 4 saturated heterocycles. The minimum atomic E-state index is 0.423. The van der Waals surface area contributed by atoms with Gasteiger partial charge in [0, 0.05) is 48.3 Å². The lowest BCUT2D eigenvalue weighted by molar-refractivity contribution is 0.0948. The molecule has 0 aromatic carbocycles. The van der Waals surface area contributed by atoms with Crippen LogP contribution in [-0.4, -0.2) is 74.5 Å². The lowest BCUT2D eigenvalue weighted by atomic mass is 9.78. The van der Waals surface area contributed by atoms with E-state index >= 15 is 0 Å². The highest BCUT2D eigenvalue weighted by Gasteiger charge is 2.47. The molecule has 5 aliphatic heterocycles. The molecule has 5 aliphatic rings. The Balaban J connectivity index is 1.41. The zero-order valence-electron chi connectivity index (χ0n) is 18.7. The second-order valence-corrected chi connectivity index (χ2v) is 10.3. The van der Waals surface area contributed by atoms with Crippen molar-refractivity contribution in [2.45, 2.75) is 113 Å². The van der Waals surface area contributed by atoms with Gasteiger partial charge in [0.05, 0.1) is 0 Å². The Morgan fingerprint density at radius 2 is 1.00 bits per heavy atom. The first kappa shape index (κ1) is 21.4. The maximum atomic E-state index is 4.29. The van der Waals surface area contributed by atoms with Crippen molar-refractivity contribution < 1.29 is 0 Å². The molecule has 4 fully saturated rings. The summed E-state index contributed by atoms with van der Waals surface area (Å²) in [6.45, 7) is 4.62. The zero-order chi connectivity index (χ0) is 20.2. The van der Waals surface area contributed by atoms with Crippen molar-refractivity contribution in [3.05, 3.63) is 12.2 Å². The van der Waals surface area contributed by atoms with Crippen molar-refractivity contribution in [1.29, 1.82) is 0 Å². The predicted octanol–water partition coefficient (Wildman–Crippen LogP) is 0.998. The molecule has 8 atom stereocenters. The summed E-state index contributed by atoms with van der Waals surface area (Å²) in [6.07, 6.45) is 17.9. The van der Waals surface area contributed by atoms with E-state index in [1.807, 2.05) is 0 Å². The quantitative estimate of drug-likeness (QED) is 0.384. The normalized spacial score (nSPS) is 45.9. The Labute approximate surface area is 183 Å². The Kier molecular flexibility index (Phi) is 7.41. The number of hydrogen-bond acceptors (Lipinski definition) is 6. The summed E-state index contributed by atoms with van der Waals surface area (Å²) in [5, 5.41) is 24.1. The standard InChI is InChI=1S/C24H44N6/c1-5-13-25-17(9-1)21-22(18-10-2-6-14-26-18)30-24(20-12-4-8-16-28-20)23(29-21)19-11-3-7-15-27-19/h1,9,17-30H,2-8,10-16H2. The van der Waals surface area contributed by atoms with Crippen LogP contribution < -0.4 is 31.9 Å². The van der Waals surface area contributed by atoms with Gasteiger partial charge < -0.3 is 31.9 Å². The van der Waals surface area contributed by atoms with E-state index < -0.39 is 0 Å². The molecule has 0 amide bonds. The molecule has 5 rings (SSSR count). The largest absolute Gasteiger partial charge is 0.312 e. The van der Waals surface area contributed by atoms with Crippen molar-refractivity contribution in [3.8, 4) is 0 Å². The van der Waals surface area contributed by atoms with Gasteiger partial charge in [-0.3, -0.25) is 0 Å². The van der Waals surface area contributed by atoms with Crippen molar-refractivity contribution in [2.24, 2.45) is 0 Å². The molecule has 5 heterocycles. The van der Waals surface area contributed by atoms with Crippen LogP contribution in [0.25, 0.3) is 0 Å². The van der Waals surface area contributed by atoms with Gasteiger partial charge in [0.2, 0.25) is 0 Å². The van der Waals surface area contributed by atoms with Crippen LogP contribution in [0.3, 0.4) is 0 Å². The third-order valence-corrected chi connectivity index (χ3v) is 8.31. The van der Waals surface area contributed by atoms with E-state index in [9.17, 15) is 0 Å². The number of piperidine rings is 3. The monoisotopic (exact) mass is 416 g/mol. The zero-order valence-corrected chi connectivity index (χ0v) is 18.7. The molecule has 0 saturated carbocycles. The first-order valence-electron chi connectivity index (χ1n) is 13.0. The highest BCUT2D eigenvalue weighted by Crippen LogP contribution is 2.27. The van der Waals surface area contributed by atoms with Crippen molar-refractivity contribution in [3.63, 3.8) is 0 Å². The van der Waals surface area contributed by atoms with Gasteiger partial charge in [-0.2, -0.15) is 0 Å². The van der Waals surface area contributed by atoms with Crippen molar-refractivity contribution in [2.75, 3.05) is 26.2 Å². The van der Waals surface area contributed by atoms with E-state index in [0.717, 1.165) is 13.0 Å². The van der Waals surface area contributed by atoms with Gasteiger partial charge in [-0.05, 0) is 71.1 Å². The molecule has 6 N–H and O–H groups in total. The van der Waals surface area contributed by atoms with E-state index in [-0.39, 0.29) is 0 Å². The number of hydrogen-bond donors (Lipinski definition) is 6. The Hall–Kier alpha value is -0.500. The maximum Gasteiger partial charge on any atom is 0.0430 e. The van der Waals surface area contributed by atoms with Crippen molar-refractivity contribution >= 4 is 0 Å². The third kappa shape index (κ3) is 4.79. The molecular formula is C24H44N6. The van der Waals surface area contributed by atoms with Gasteiger partial charge in [0.25, 0.3) is 0 Å². The van der Waals surface area contributed by atoms with Gasteiger partial charge in [0.1, 0.15) is 0 Å². The average molecular weight is 417 g/mol. The number of rotatable bonds is 4. The fraction of sp³-hybridized carbons (Fsp3) is 0.917. The molecule has 6 nitrogen and oxygen atoms in total. The van der Waals surface area contributed by atoms with Crippen LogP contribution in [0, 0.1) is 0 Å². The smallest absolute Gasteiger partial charge is 0.0430 e. The van der Waals surface area contributed by atoms with E-state index in [2.05, 4.69) is 44.1 Å². The number of nitrogens with one attached hydrogen (secondary N) is 6. The van der Waals surface area contributed by atoms with Crippen LogP contribution in [-0.2, 0) is 0 Å². The molecule has 0 aromatic rings. The lowest BCUT2D eigenvalue weighted by Crippen LogP contribution is -2.80. The maximum absolute atomic E-state index is 4.29. The van der Waals surface area contributed by atoms with Gasteiger partial charge in [-0.25, -0.2) is 0 Å². The summed E-state index contributed by atoms with van der Waals surface area (Å²) >= 11 is 0. The molecule has 6 heteroatoms. The average Bonchev–Trinajstić information content (AvgIpc) is 2.85. The molecule has 0 bridgehead atoms. The summed E-state index contributed by atoms with van der Waals surface area (Å²) < 4.78 is 0. The topological polar surface area (TPSA) is 72.2 Å². The van der Waals surface area contributed by atoms with Gasteiger partial charge in [-0.15, -0.1) is 0 Å². The summed E-state index contributed by atoms with van der Waals surface area (Å²) in [7, 11) is 0. The number of piperazine rings is 1. The van der Waals surface area contributed by atoms with Crippen LogP contribution in [0.2, 0.25) is 0 Å². The molecule has 0 radical (unpaired) electrons. The predicted molar refractivity (Wildman–Crippen MR) is 124 cm³/mol. The minimum Gasteiger partial charge on any atom is -0.312 e. The van der Waals surface area contributed by atoms with Crippen LogP contribution >= 0.6 is 0 Å². The van der Waals surface area contributed by atoms with Crippen LogP contribution in [0.1, 0.15) is 64.2 Å². The fourth-order valence-electron chi connectivity index (χ4n) is 6.73. The van der Waals surface area contributed by atoms with E-state index in [1.54, 1.807) is 0 Å². The summed E-state index contributed by atoms with van der Waals surface area (Å²) in [4.78, 5) is 0. The summed E-state index contributed by atoms with van der Waals surface area (Å²) in [6, 6.07) is 4.05. The Morgan fingerprint density at radius 1 is 0.500 bits per heavy atom. The second kappa shape index (κ2) is 10.4. The Bertz CT molecular complexity index is 550. The van der Waals surface area contributed by atoms with Crippen LogP contribution in [0.5, 0.6) is 0 Å². The molecule has 170 valence electrons. The third-order valence-electron chi connectivity index (χ3n) is 8.31. The summed E-state index contributed by atoms with van der Waals surface area (Å²) in [5.74, 6) is 0. The first-order valence-corrected chi connectivity index (χ1v) is 13.0. The lowest BCUT2D eigenvalue weighted by Gasteiger charge is -2.54. The minimum absolute atomic E-state index is 0.423. The molecular weight excluding hydrogens is 372 g/mol. The van der Waals surface area contributed by atoms with E-state index in [0.29, 0.717) is 48.3 Å². The van der Waals surface area contributed by atoms with Crippen molar-refractivity contribution in [1.82, 2.24) is 31.9 Å². The summed E-state index contributed by atoms with van der Waals surface area (Å²) in [5.41, 5.74) is 0. The van der Waals surface area contributed by atoms with E-state index in [1.165, 1.54) is 77.4 Å². The second-order valence-electron chi connectivity index (χ2n) is 10.3. The molecule has 0 aliphatic carbocycles. The highest BCUT2D eigenvalue weighted by molar-refractivity contribution is 5.16. The molecule has 0 spiro atoms. The van der Waals surface area contributed by atoms with Crippen LogP contribution in [0.15, 0.2) is 12.2 Å².